The third-order valence-electron chi connectivity index (χ3n) is 4.57. The van der Waals surface area contributed by atoms with Gasteiger partial charge in [-0.25, -0.2) is 0 Å². The maximum atomic E-state index is 12.5. The predicted molar refractivity (Wildman–Crippen MR) is 80.6 cm³/mol. The minimum atomic E-state index is 0.248. The van der Waals surface area contributed by atoms with Crippen LogP contribution in [0.25, 0.3) is 0 Å². The van der Waals surface area contributed by atoms with E-state index in [1.807, 2.05) is 12.1 Å². The van der Waals surface area contributed by atoms with E-state index in [9.17, 15) is 4.79 Å². The van der Waals surface area contributed by atoms with Crippen LogP contribution in [0, 0.1) is 11.3 Å². The molecule has 0 radical (unpaired) electrons. The summed E-state index contributed by atoms with van der Waals surface area (Å²) in [5.41, 5.74) is 2.63. The molecular weight excluding hydrogens is 232 g/mol. The molecule has 0 aliphatic heterocycles. The smallest absolute Gasteiger partial charge is 0.165 e. The molecular formula is C18H26O. The van der Waals surface area contributed by atoms with Crippen molar-refractivity contribution < 1.29 is 4.79 Å². The van der Waals surface area contributed by atoms with Crippen LogP contribution in [-0.2, 0) is 0 Å². The highest BCUT2D eigenvalue weighted by Crippen LogP contribution is 2.39. The third-order valence-corrected chi connectivity index (χ3v) is 4.57. The van der Waals surface area contributed by atoms with Crippen LogP contribution in [0.1, 0.15) is 75.2 Å². The van der Waals surface area contributed by atoms with Crippen LogP contribution in [0.2, 0.25) is 0 Å². The first kappa shape index (κ1) is 14.3. The highest BCUT2D eigenvalue weighted by atomic mass is 16.1. The molecule has 0 heterocycles. The third kappa shape index (κ3) is 3.46. The van der Waals surface area contributed by atoms with Gasteiger partial charge in [-0.2, -0.15) is 0 Å². The van der Waals surface area contributed by atoms with Crippen molar-refractivity contribution in [1.82, 2.24) is 0 Å². The second-order valence-electron chi connectivity index (χ2n) is 7.08. The lowest BCUT2D eigenvalue weighted by atomic mass is 9.71. The molecule has 104 valence electrons. The predicted octanol–water partition coefficient (Wildman–Crippen LogP) is 5.21. The number of carbonyl (C=O) groups is 1. The van der Waals surface area contributed by atoms with Crippen molar-refractivity contribution in [3.63, 3.8) is 0 Å². The van der Waals surface area contributed by atoms with Crippen LogP contribution >= 0.6 is 0 Å². The van der Waals surface area contributed by atoms with Gasteiger partial charge in [-0.1, -0.05) is 52.0 Å². The van der Waals surface area contributed by atoms with Gasteiger partial charge in [0, 0.05) is 11.5 Å². The first-order valence-electron chi connectivity index (χ1n) is 7.53. The fraction of sp³-hybridized carbons (Fsp3) is 0.611. The van der Waals surface area contributed by atoms with Crippen molar-refractivity contribution in [3.8, 4) is 0 Å². The van der Waals surface area contributed by atoms with E-state index in [0.29, 0.717) is 17.1 Å². The molecule has 1 fully saturated rings. The Bertz CT molecular complexity index is 429. The summed E-state index contributed by atoms with van der Waals surface area (Å²) in [6.45, 7) is 8.98. The second-order valence-corrected chi connectivity index (χ2v) is 7.08. The molecule has 0 amide bonds. The van der Waals surface area contributed by atoms with Gasteiger partial charge in [-0.05, 0) is 42.6 Å². The molecule has 0 N–H and O–H groups in total. The summed E-state index contributed by atoms with van der Waals surface area (Å²) in [5, 5.41) is 0. The Morgan fingerprint density at radius 2 is 1.63 bits per heavy atom. The van der Waals surface area contributed by atoms with Gasteiger partial charge >= 0.3 is 0 Å². The molecule has 1 nitrogen and oxygen atoms in total. The number of benzene rings is 1. The van der Waals surface area contributed by atoms with Crippen molar-refractivity contribution in [1.29, 1.82) is 0 Å². The fourth-order valence-corrected chi connectivity index (χ4v) is 2.93. The number of hydrogen-bond donors (Lipinski definition) is 0. The molecule has 0 spiro atoms. The van der Waals surface area contributed by atoms with Crippen LogP contribution in [0.5, 0.6) is 0 Å². The molecule has 0 aromatic heterocycles. The van der Waals surface area contributed by atoms with Gasteiger partial charge in [0.15, 0.2) is 5.78 Å². The quantitative estimate of drug-likeness (QED) is 0.680. The SMILES string of the molecule is CC(C)c1ccc(C(=O)C2CCC(C)(C)CC2)cc1. The Labute approximate surface area is 117 Å². The molecule has 1 aromatic carbocycles. The minimum Gasteiger partial charge on any atom is -0.294 e. The van der Waals surface area contributed by atoms with E-state index < -0.39 is 0 Å². The molecule has 1 heteroatoms. The summed E-state index contributed by atoms with van der Waals surface area (Å²) in [6.07, 6.45) is 4.45. The maximum absolute atomic E-state index is 12.5. The van der Waals surface area contributed by atoms with Crippen molar-refractivity contribution >= 4 is 5.78 Å². The lowest BCUT2D eigenvalue weighted by molar-refractivity contribution is 0.0838. The average Bonchev–Trinajstić information content (AvgIpc) is 2.38. The Hall–Kier alpha value is -1.11. The Kier molecular flexibility index (Phi) is 4.13. The highest BCUT2D eigenvalue weighted by molar-refractivity contribution is 5.97. The lowest BCUT2D eigenvalue weighted by Gasteiger charge is -2.33. The van der Waals surface area contributed by atoms with Gasteiger partial charge in [0.25, 0.3) is 0 Å². The summed E-state index contributed by atoms with van der Waals surface area (Å²) in [5.74, 6) is 1.13. The summed E-state index contributed by atoms with van der Waals surface area (Å²) in [6, 6.07) is 8.23. The molecule has 1 aliphatic carbocycles. The largest absolute Gasteiger partial charge is 0.294 e. The molecule has 0 atom stereocenters. The Morgan fingerprint density at radius 3 is 2.11 bits per heavy atom. The number of ketones is 1. The molecule has 0 saturated heterocycles. The van der Waals surface area contributed by atoms with E-state index >= 15 is 0 Å². The molecule has 1 aliphatic rings. The van der Waals surface area contributed by atoms with Crippen LogP contribution < -0.4 is 0 Å². The van der Waals surface area contributed by atoms with Crippen molar-refractivity contribution in [3.05, 3.63) is 35.4 Å². The van der Waals surface area contributed by atoms with Gasteiger partial charge in [0.2, 0.25) is 0 Å². The molecule has 1 saturated carbocycles. The topological polar surface area (TPSA) is 17.1 Å². The molecule has 2 rings (SSSR count). The first-order valence-corrected chi connectivity index (χ1v) is 7.53. The average molecular weight is 258 g/mol. The number of carbonyl (C=O) groups excluding carboxylic acids is 1. The van der Waals surface area contributed by atoms with Gasteiger partial charge in [0.05, 0.1) is 0 Å². The van der Waals surface area contributed by atoms with Gasteiger partial charge in [-0.15, -0.1) is 0 Å². The Morgan fingerprint density at radius 1 is 1.11 bits per heavy atom. The van der Waals surface area contributed by atoms with Gasteiger partial charge in [-0.3, -0.25) is 4.79 Å². The van der Waals surface area contributed by atoms with E-state index in [1.54, 1.807) is 0 Å². The number of rotatable bonds is 3. The first-order chi connectivity index (χ1) is 8.89. The fourth-order valence-electron chi connectivity index (χ4n) is 2.93. The minimum absolute atomic E-state index is 0.248. The van der Waals surface area contributed by atoms with E-state index in [1.165, 1.54) is 18.4 Å². The van der Waals surface area contributed by atoms with E-state index in [4.69, 9.17) is 0 Å². The maximum Gasteiger partial charge on any atom is 0.165 e. The monoisotopic (exact) mass is 258 g/mol. The second kappa shape index (κ2) is 5.48. The lowest BCUT2D eigenvalue weighted by Crippen LogP contribution is -2.26. The van der Waals surface area contributed by atoms with Crippen LogP contribution in [0.3, 0.4) is 0 Å². The number of hydrogen-bond acceptors (Lipinski definition) is 1. The van der Waals surface area contributed by atoms with Gasteiger partial charge < -0.3 is 0 Å². The van der Waals surface area contributed by atoms with Crippen molar-refractivity contribution in [2.75, 3.05) is 0 Å². The molecule has 1 aromatic rings. The Balaban J connectivity index is 2.04. The zero-order valence-corrected chi connectivity index (χ0v) is 12.7. The summed E-state index contributed by atoms with van der Waals surface area (Å²) >= 11 is 0. The van der Waals surface area contributed by atoms with Crippen molar-refractivity contribution in [2.45, 2.75) is 59.3 Å². The van der Waals surface area contributed by atoms with E-state index in [-0.39, 0.29) is 5.92 Å². The van der Waals surface area contributed by atoms with Crippen LogP contribution in [0.15, 0.2) is 24.3 Å². The molecule has 19 heavy (non-hydrogen) atoms. The normalized spacial score (nSPS) is 19.6. The summed E-state index contributed by atoms with van der Waals surface area (Å²) < 4.78 is 0. The van der Waals surface area contributed by atoms with E-state index in [0.717, 1.165) is 18.4 Å². The number of Topliss-reactive ketones (excluding diaryl/α,β-unsaturated/α-hetero) is 1. The zero-order chi connectivity index (χ0) is 14.0. The standard InChI is InChI=1S/C18H26O/c1-13(2)14-5-7-15(8-6-14)17(19)16-9-11-18(3,4)12-10-16/h5-8,13,16H,9-12H2,1-4H3. The van der Waals surface area contributed by atoms with Crippen molar-refractivity contribution in [2.24, 2.45) is 11.3 Å². The molecule has 0 unspecified atom stereocenters. The summed E-state index contributed by atoms with van der Waals surface area (Å²) in [7, 11) is 0. The van der Waals surface area contributed by atoms with Crippen LogP contribution in [-0.4, -0.2) is 5.78 Å². The highest BCUT2D eigenvalue weighted by Gasteiger charge is 2.30. The van der Waals surface area contributed by atoms with Gasteiger partial charge in [0.1, 0.15) is 0 Å². The zero-order valence-electron chi connectivity index (χ0n) is 12.7. The summed E-state index contributed by atoms with van der Waals surface area (Å²) in [4.78, 5) is 12.5. The molecule has 0 bridgehead atoms. The van der Waals surface area contributed by atoms with E-state index in [2.05, 4.69) is 39.8 Å². The van der Waals surface area contributed by atoms with Crippen LogP contribution in [0.4, 0.5) is 0 Å².